The van der Waals surface area contributed by atoms with E-state index in [0.717, 1.165) is 6.42 Å². The van der Waals surface area contributed by atoms with Crippen molar-refractivity contribution >= 4 is 22.2 Å². The first-order valence-corrected chi connectivity index (χ1v) is 9.30. The lowest BCUT2D eigenvalue weighted by atomic mass is 9.89. The Kier molecular flexibility index (Phi) is 3.12. The van der Waals surface area contributed by atoms with Crippen LogP contribution < -0.4 is 5.32 Å². The van der Waals surface area contributed by atoms with E-state index in [-0.39, 0.29) is 0 Å². The lowest BCUT2D eigenvalue weighted by Crippen LogP contribution is -2.23. The Bertz CT molecular complexity index is 1040. The van der Waals surface area contributed by atoms with E-state index >= 15 is 0 Å². The van der Waals surface area contributed by atoms with Crippen LogP contribution in [0.5, 0.6) is 0 Å². The zero-order valence-electron chi connectivity index (χ0n) is 15.2. The van der Waals surface area contributed by atoms with Gasteiger partial charge in [0.05, 0.1) is 0 Å². The molecule has 0 bridgehead atoms. The molecular formula is C23H24N2. The van der Waals surface area contributed by atoms with E-state index in [0.29, 0.717) is 6.04 Å². The fraction of sp³-hybridized carbons (Fsp3) is 0.304. The monoisotopic (exact) mass is 328 g/mol. The molecule has 1 atom stereocenters. The maximum Gasteiger partial charge on any atom is 0.0486 e. The number of nitrogens with zero attached hydrogens (tertiary/aromatic N) is 1. The Morgan fingerprint density at radius 1 is 1.08 bits per heavy atom. The van der Waals surface area contributed by atoms with Gasteiger partial charge in [-0.05, 0) is 43.9 Å². The highest BCUT2D eigenvalue weighted by atomic mass is 15.0. The Balaban J connectivity index is 1.79. The van der Waals surface area contributed by atoms with Crippen molar-refractivity contribution in [1.82, 2.24) is 4.57 Å². The van der Waals surface area contributed by atoms with E-state index in [2.05, 4.69) is 73.2 Å². The van der Waals surface area contributed by atoms with Gasteiger partial charge in [0.2, 0.25) is 0 Å². The summed E-state index contributed by atoms with van der Waals surface area (Å²) >= 11 is 0. The summed E-state index contributed by atoms with van der Waals surface area (Å²) in [6.07, 6.45) is 3.44. The second kappa shape index (κ2) is 5.26. The van der Waals surface area contributed by atoms with Crippen LogP contribution in [0.15, 0.2) is 48.0 Å². The normalized spacial score (nSPS) is 19.1. The largest absolute Gasteiger partial charge is 0.382 e. The predicted molar refractivity (Wildman–Crippen MR) is 106 cm³/mol. The Morgan fingerprint density at radius 2 is 1.92 bits per heavy atom. The molecule has 1 N–H and O–H groups in total. The third-order valence-electron chi connectivity index (χ3n) is 6.00. The van der Waals surface area contributed by atoms with Crippen molar-refractivity contribution in [3.05, 3.63) is 70.4 Å². The maximum absolute atomic E-state index is 3.77. The van der Waals surface area contributed by atoms with Crippen molar-refractivity contribution in [3.8, 4) is 0 Å². The van der Waals surface area contributed by atoms with Crippen molar-refractivity contribution in [1.29, 1.82) is 0 Å². The molecular weight excluding hydrogens is 304 g/mol. The molecule has 0 saturated carbocycles. The number of allylic oxidation sites excluding steroid dienone is 1. The Labute approximate surface area is 149 Å². The van der Waals surface area contributed by atoms with Gasteiger partial charge in [0, 0.05) is 52.9 Å². The highest BCUT2D eigenvalue weighted by Crippen LogP contribution is 2.46. The summed E-state index contributed by atoms with van der Waals surface area (Å²) in [5, 5.41) is 5.15. The molecule has 25 heavy (non-hydrogen) atoms. The summed E-state index contributed by atoms with van der Waals surface area (Å²) < 4.78 is 2.38. The number of aryl methyl sites for hydroxylation is 2. The molecule has 2 aliphatic rings. The van der Waals surface area contributed by atoms with Gasteiger partial charge in [-0.2, -0.15) is 0 Å². The van der Waals surface area contributed by atoms with Gasteiger partial charge >= 0.3 is 0 Å². The van der Waals surface area contributed by atoms with E-state index in [4.69, 9.17) is 0 Å². The number of hydrogen-bond donors (Lipinski definition) is 1. The minimum Gasteiger partial charge on any atom is -0.382 e. The molecule has 3 aromatic rings. The SMILES string of the molecule is CC1=C(c2cccc3c2NC(C)CC3)c2c(n(C)c3ccccc23)C1. The van der Waals surface area contributed by atoms with Gasteiger partial charge < -0.3 is 9.88 Å². The van der Waals surface area contributed by atoms with Crippen molar-refractivity contribution in [2.24, 2.45) is 7.05 Å². The smallest absolute Gasteiger partial charge is 0.0486 e. The van der Waals surface area contributed by atoms with E-state index in [1.54, 1.807) is 0 Å². The molecule has 1 aliphatic heterocycles. The fourth-order valence-corrected chi connectivity index (χ4v) is 4.73. The second-order valence-electron chi connectivity index (χ2n) is 7.65. The van der Waals surface area contributed by atoms with E-state index < -0.39 is 0 Å². The molecule has 0 saturated heterocycles. The summed E-state index contributed by atoms with van der Waals surface area (Å²) in [5.41, 5.74) is 11.4. The van der Waals surface area contributed by atoms with Gasteiger partial charge in [0.25, 0.3) is 0 Å². The van der Waals surface area contributed by atoms with Crippen LogP contribution in [0.25, 0.3) is 16.5 Å². The number of nitrogens with one attached hydrogen (secondary N) is 1. The number of benzene rings is 2. The van der Waals surface area contributed by atoms with Crippen LogP contribution in [0.2, 0.25) is 0 Å². The summed E-state index contributed by atoms with van der Waals surface area (Å²) in [6.45, 7) is 4.59. The van der Waals surface area contributed by atoms with Crippen molar-refractivity contribution in [3.63, 3.8) is 0 Å². The quantitative estimate of drug-likeness (QED) is 0.641. The molecule has 126 valence electrons. The third-order valence-corrected chi connectivity index (χ3v) is 6.00. The van der Waals surface area contributed by atoms with Gasteiger partial charge in [-0.1, -0.05) is 42.0 Å². The minimum atomic E-state index is 0.544. The van der Waals surface area contributed by atoms with Crippen LogP contribution in [-0.2, 0) is 19.9 Å². The van der Waals surface area contributed by atoms with Crippen molar-refractivity contribution in [2.45, 2.75) is 39.2 Å². The first-order valence-electron chi connectivity index (χ1n) is 9.30. The van der Waals surface area contributed by atoms with Gasteiger partial charge in [0.1, 0.15) is 0 Å². The molecule has 2 heterocycles. The van der Waals surface area contributed by atoms with E-state index in [1.165, 1.54) is 63.0 Å². The van der Waals surface area contributed by atoms with Crippen molar-refractivity contribution < 1.29 is 0 Å². The van der Waals surface area contributed by atoms with Crippen molar-refractivity contribution in [2.75, 3.05) is 5.32 Å². The highest BCUT2D eigenvalue weighted by Gasteiger charge is 2.29. The lowest BCUT2D eigenvalue weighted by Gasteiger charge is -2.27. The standard InChI is InChI=1S/C23H24N2/c1-14-13-20-22(17-8-4-5-10-19(17)25(20)3)21(14)18-9-6-7-16-12-11-15(2)24-23(16)18/h4-10,15,24H,11-13H2,1-3H3. The van der Waals surface area contributed by atoms with Gasteiger partial charge in [-0.25, -0.2) is 0 Å². The molecule has 0 spiro atoms. The molecule has 0 radical (unpaired) electrons. The number of fused-ring (bicyclic) bond motifs is 4. The number of para-hydroxylation sites is 2. The Morgan fingerprint density at radius 3 is 2.80 bits per heavy atom. The molecule has 0 amide bonds. The van der Waals surface area contributed by atoms with Crippen LogP contribution in [0.4, 0.5) is 5.69 Å². The number of rotatable bonds is 1. The molecule has 5 rings (SSSR count). The second-order valence-corrected chi connectivity index (χ2v) is 7.65. The average molecular weight is 328 g/mol. The minimum absolute atomic E-state index is 0.544. The van der Waals surface area contributed by atoms with Crippen LogP contribution in [0, 0.1) is 0 Å². The number of anilines is 1. The highest BCUT2D eigenvalue weighted by molar-refractivity contribution is 6.04. The van der Waals surface area contributed by atoms with Crippen LogP contribution in [-0.4, -0.2) is 10.6 Å². The first kappa shape index (κ1) is 14.8. The zero-order valence-corrected chi connectivity index (χ0v) is 15.2. The van der Waals surface area contributed by atoms with Crippen LogP contribution in [0.3, 0.4) is 0 Å². The first-order chi connectivity index (χ1) is 12.1. The number of aromatic nitrogens is 1. The lowest BCUT2D eigenvalue weighted by molar-refractivity contribution is 0.680. The maximum atomic E-state index is 3.77. The molecule has 2 aromatic carbocycles. The van der Waals surface area contributed by atoms with E-state index in [1.807, 2.05) is 0 Å². The molecule has 1 unspecified atom stereocenters. The predicted octanol–water partition coefficient (Wildman–Crippen LogP) is 5.30. The molecule has 2 heteroatoms. The van der Waals surface area contributed by atoms with Gasteiger partial charge in [-0.3, -0.25) is 0 Å². The van der Waals surface area contributed by atoms with Crippen LogP contribution in [0.1, 0.15) is 42.7 Å². The molecule has 1 aliphatic carbocycles. The molecule has 0 fully saturated rings. The third kappa shape index (κ3) is 2.03. The fourth-order valence-electron chi connectivity index (χ4n) is 4.73. The zero-order chi connectivity index (χ0) is 17.1. The van der Waals surface area contributed by atoms with Gasteiger partial charge in [-0.15, -0.1) is 0 Å². The number of hydrogen-bond acceptors (Lipinski definition) is 1. The summed E-state index contributed by atoms with van der Waals surface area (Å²) in [6, 6.07) is 16.2. The molecule has 1 aromatic heterocycles. The van der Waals surface area contributed by atoms with Crippen LogP contribution >= 0.6 is 0 Å². The molecule has 2 nitrogen and oxygen atoms in total. The van der Waals surface area contributed by atoms with Gasteiger partial charge in [0.15, 0.2) is 0 Å². The summed E-state index contributed by atoms with van der Waals surface area (Å²) in [5.74, 6) is 0. The van der Waals surface area contributed by atoms with E-state index in [9.17, 15) is 0 Å². The summed E-state index contributed by atoms with van der Waals surface area (Å²) in [7, 11) is 2.21. The Hall–Kier alpha value is -2.48. The average Bonchev–Trinajstić information content (AvgIpc) is 3.09. The topological polar surface area (TPSA) is 17.0 Å². The summed E-state index contributed by atoms with van der Waals surface area (Å²) in [4.78, 5) is 0.